The Morgan fingerprint density at radius 3 is 2.35 bits per heavy atom. The molecule has 0 saturated carbocycles. The number of alkyl halides is 3. The van der Waals surface area contributed by atoms with Gasteiger partial charge in [0.25, 0.3) is 0 Å². The van der Waals surface area contributed by atoms with E-state index in [0.717, 1.165) is 6.08 Å². The molecule has 0 aromatic rings. The summed E-state index contributed by atoms with van der Waals surface area (Å²) < 4.78 is 40.3. The highest BCUT2D eigenvalue weighted by Crippen LogP contribution is 2.22. The number of aliphatic carboxylic acids is 1. The van der Waals surface area contributed by atoms with Gasteiger partial charge in [-0.25, -0.2) is 9.59 Å². The van der Waals surface area contributed by atoms with Crippen LogP contribution in [0.5, 0.6) is 0 Å². The molecule has 6 nitrogen and oxygen atoms in total. The normalized spacial score (nSPS) is 14.6. The second kappa shape index (κ2) is 6.09. The molecule has 0 aromatic carbocycles. The van der Waals surface area contributed by atoms with Gasteiger partial charge in [0.15, 0.2) is 12.1 Å². The molecule has 0 aromatic heterocycles. The van der Waals surface area contributed by atoms with Gasteiger partial charge < -0.3 is 20.3 Å². The van der Waals surface area contributed by atoms with Crippen LogP contribution in [0.1, 0.15) is 0 Å². The van der Waals surface area contributed by atoms with Gasteiger partial charge in [-0.2, -0.15) is 13.2 Å². The van der Waals surface area contributed by atoms with Gasteiger partial charge in [0.2, 0.25) is 0 Å². The van der Waals surface area contributed by atoms with Crippen LogP contribution in [0.4, 0.5) is 18.0 Å². The topological polar surface area (TPSA) is 95.9 Å². The number of aliphatic hydroxyl groups excluding tert-OH is 1. The number of amides is 1. The Labute approximate surface area is 93.7 Å². The number of rotatable bonds is 5. The molecule has 17 heavy (non-hydrogen) atoms. The summed E-state index contributed by atoms with van der Waals surface area (Å²) in [6.45, 7) is 2.87. The molecule has 0 aliphatic carbocycles. The van der Waals surface area contributed by atoms with E-state index in [1.165, 1.54) is 5.32 Å². The van der Waals surface area contributed by atoms with Crippen LogP contribution in [0, 0.1) is 0 Å². The van der Waals surface area contributed by atoms with E-state index in [9.17, 15) is 22.8 Å². The molecular formula is C8H10F3NO5. The van der Waals surface area contributed by atoms with Crippen LogP contribution in [0.15, 0.2) is 12.7 Å². The number of carboxylic acid groups (broad SMARTS) is 1. The Morgan fingerprint density at radius 2 is 2.00 bits per heavy atom. The largest absolute Gasteiger partial charge is 0.480 e. The first kappa shape index (κ1) is 15.2. The monoisotopic (exact) mass is 257 g/mol. The first-order valence-electron chi connectivity index (χ1n) is 4.22. The molecule has 0 radical (unpaired) electrons. The summed E-state index contributed by atoms with van der Waals surface area (Å²) in [5, 5.41) is 18.5. The van der Waals surface area contributed by atoms with E-state index >= 15 is 0 Å². The van der Waals surface area contributed by atoms with Crippen molar-refractivity contribution in [3.8, 4) is 0 Å². The van der Waals surface area contributed by atoms with Crippen molar-refractivity contribution in [1.29, 1.82) is 0 Å². The zero-order valence-corrected chi connectivity index (χ0v) is 8.40. The summed E-state index contributed by atoms with van der Waals surface area (Å²) in [5.74, 6) is -2.04. The second-order valence-electron chi connectivity index (χ2n) is 2.83. The molecule has 2 unspecified atom stereocenters. The van der Waals surface area contributed by atoms with Gasteiger partial charge in [-0.3, -0.25) is 0 Å². The molecule has 3 N–H and O–H groups in total. The highest BCUT2D eigenvalue weighted by molar-refractivity contribution is 5.80. The van der Waals surface area contributed by atoms with Crippen molar-refractivity contribution in [2.45, 2.75) is 18.3 Å². The van der Waals surface area contributed by atoms with Crippen LogP contribution in [-0.4, -0.2) is 47.2 Å². The number of carboxylic acids is 1. The van der Waals surface area contributed by atoms with Crippen molar-refractivity contribution in [2.75, 3.05) is 6.61 Å². The van der Waals surface area contributed by atoms with Crippen molar-refractivity contribution in [3.05, 3.63) is 12.7 Å². The third-order valence-corrected chi connectivity index (χ3v) is 1.52. The first-order valence-corrected chi connectivity index (χ1v) is 4.22. The summed E-state index contributed by atoms with van der Waals surface area (Å²) in [7, 11) is 0. The minimum absolute atomic E-state index is 0.305. The Kier molecular flexibility index (Phi) is 5.45. The van der Waals surface area contributed by atoms with Gasteiger partial charge in [-0.1, -0.05) is 12.7 Å². The van der Waals surface area contributed by atoms with Crippen molar-refractivity contribution in [1.82, 2.24) is 5.32 Å². The van der Waals surface area contributed by atoms with Gasteiger partial charge in [-0.15, -0.1) is 0 Å². The lowest BCUT2D eigenvalue weighted by Gasteiger charge is -2.21. The third-order valence-electron chi connectivity index (χ3n) is 1.52. The van der Waals surface area contributed by atoms with Gasteiger partial charge in [0, 0.05) is 0 Å². The van der Waals surface area contributed by atoms with Crippen LogP contribution in [0.3, 0.4) is 0 Å². The minimum Gasteiger partial charge on any atom is -0.480 e. The van der Waals surface area contributed by atoms with Crippen LogP contribution in [0.2, 0.25) is 0 Å². The van der Waals surface area contributed by atoms with Crippen molar-refractivity contribution < 1.29 is 37.7 Å². The lowest BCUT2D eigenvalue weighted by molar-refractivity contribution is -0.214. The number of alkyl carbamates (subject to hydrolysis) is 1. The quantitative estimate of drug-likeness (QED) is 0.614. The maximum atomic E-state index is 12.0. The summed E-state index contributed by atoms with van der Waals surface area (Å²) in [5.41, 5.74) is 0. The van der Waals surface area contributed by atoms with E-state index < -0.39 is 30.4 Å². The molecule has 1 amide bonds. The van der Waals surface area contributed by atoms with Crippen molar-refractivity contribution >= 4 is 12.1 Å². The molecule has 2 atom stereocenters. The number of aliphatic hydroxyl groups is 1. The molecule has 0 spiro atoms. The summed E-state index contributed by atoms with van der Waals surface area (Å²) in [6, 6.07) is -2.53. The van der Waals surface area contributed by atoms with E-state index in [0.29, 0.717) is 0 Å². The zero-order valence-electron chi connectivity index (χ0n) is 8.40. The number of halogens is 3. The molecular weight excluding hydrogens is 247 g/mol. The molecule has 0 rings (SSSR count). The maximum absolute atomic E-state index is 12.0. The molecule has 0 bridgehead atoms. The maximum Gasteiger partial charge on any atom is 0.416 e. The highest BCUT2D eigenvalue weighted by atomic mass is 19.4. The molecule has 0 fully saturated rings. The highest BCUT2D eigenvalue weighted by Gasteiger charge is 2.47. The van der Waals surface area contributed by atoms with Crippen LogP contribution < -0.4 is 5.32 Å². The average molecular weight is 257 g/mol. The van der Waals surface area contributed by atoms with Crippen molar-refractivity contribution in [3.63, 3.8) is 0 Å². The Bertz CT molecular complexity index is 304. The lowest BCUT2D eigenvalue weighted by atomic mass is 10.1. The van der Waals surface area contributed by atoms with Crippen LogP contribution >= 0.6 is 0 Å². The number of hydrogen-bond donors (Lipinski definition) is 3. The zero-order chi connectivity index (χ0) is 13.6. The minimum atomic E-state index is -5.17. The van der Waals surface area contributed by atoms with E-state index in [1.54, 1.807) is 0 Å². The summed E-state index contributed by atoms with van der Waals surface area (Å²) in [6.07, 6.45) is -8.67. The van der Waals surface area contributed by atoms with Gasteiger partial charge in [0.1, 0.15) is 6.61 Å². The van der Waals surface area contributed by atoms with Gasteiger partial charge >= 0.3 is 18.2 Å². The molecule has 9 heteroatoms. The summed E-state index contributed by atoms with van der Waals surface area (Å²) in [4.78, 5) is 21.3. The van der Waals surface area contributed by atoms with Gasteiger partial charge in [0.05, 0.1) is 0 Å². The van der Waals surface area contributed by atoms with Crippen molar-refractivity contribution in [2.24, 2.45) is 0 Å². The SMILES string of the molecule is C=CCOC(=O)NC(C(=O)O)C(O)C(F)(F)F. The number of carbonyl (C=O) groups is 2. The second-order valence-corrected chi connectivity index (χ2v) is 2.83. The van der Waals surface area contributed by atoms with Crippen LogP contribution in [-0.2, 0) is 9.53 Å². The smallest absolute Gasteiger partial charge is 0.416 e. The van der Waals surface area contributed by atoms with E-state index in [2.05, 4.69) is 11.3 Å². The van der Waals surface area contributed by atoms with E-state index in [-0.39, 0.29) is 6.61 Å². The Morgan fingerprint density at radius 1 is 1.47 bits per heavy atom. The molecule has 0 aliphatic rings. The molecule has 0 saturated heterocycles. The number of nitrogens with one attached hydrogen (secondary N) is 1. The third kappa shape index (κ3) is 5.20. The molecule has 0 heterocycles. The lowest BCUT2D eigenvalue weighted by Crippen LogP contribution is -2.54. The molecule has 98 valence electrons. The predicted octanol–water partition coefficient (Wildman–Crippen LogP) is 0.275. The number of hydrogen-bond acceptors (Lipinski definition) is 4. The fourth-order valence-corrected chi connectivity index (χ4v) is 0.768. The molecule has 0 aliphatic heterocycles. The predicted molar refractivity (Wildman–Crippen MR) is 48.2 cm³/mol. The number of carbonyl (C=O) groups excluding carboxylic acids is 1. The van der Waals surface area contributed by atoms with E-state index in [4.69, 9.17) is 10.2 Å². The standard InChI is InChI=1S/C8H10F3NO5/c1-2-3-17-7(16)12-4(6(14)15)5(13)8(9,10)11/h2,4-5,13H,1,3H2,(H,12,16)(H,14,15). The first-order chi connectivity index (χ1) is 7.70. The fourth-order valence-electron chi connectivity index (χ4n) is 0.768. The van der Waals surface area contributed by atoms with Gasteiger partial charge in [-0.05, 0) is 0 Å². The van der Waals surface area contributed by atoms with Crippen LogP contribution in [0.25, 0.3) is 0 Å². The number of ether oxygens (including phenoxy) is 1. The summed E-state index contributed by atoms with van der Waals surface area (Å²) >= 11 is 0. The average Bonchev–Trinajstić information content (AvgIpc) is 2.20. The van der Waals surface area contributed by atoms with E-state index in [1.807, 2.05) is 0 Å². The fraction of sp³-hybridized carbons (Fsp3) is 0.500. The Balaban J connectivity index is 4.60. The Hall–Kier alpha value is -1.77.